The molecule has 1 aliphatic heterocycles. The topological polar surface area (TPSA) is 29.5 Å². The molecular formula is C18H27NO2. The van der Waals surface area contributed by atoms with Gasteiger partial charge in [0.25, 0.3) is 0 Å². The van der Waals surface area contributed by atoms with Crippen LogP contribution in [0.3, 0.4) is 0 Å². The first kappa shape index (κ1) is 16.0. The molecule has 1 fully saturated rings. The van der Waals surface area contributed by atoms with Crippen molar-refractivity contribution in [3.8, 4) is 0 Å². The number of methoxy groups -OCH3 is 1. The Morgan fingerprint density at radius 2 is 1.86 bits per heavy atom. The van der Waals surface area contributed by atoms with Crippen LogP contribution in [-0.2, 0) is 14.9 Å². The van der Waals surface area contributed by atoms with Gasteiger partial charge in [-0.3, -0.25) is 4.79 Å². The van der Waals surface area contributed by atoms with Gasteiger partial charge in [0.2, 0.25) is 0 Å². The molecule has 116 valence electrons. The second-order valence-electron chi connectivity index (χ2n) is 6.64. The van der Waals surface area contributed by atoms with Gasteiger partial charge in [0, 0.05) is 0 Å². The van der Waals surface area contributed by atoms with Crippen LogP contribution >= 0.6 is 0 Å². The minimum Gasteiger partial charge on any atom is -0.469 e. The average Bonchev–Trinajstić information content (AvgIpc) is 2.53. The van der Waals surface area contributed by atoms with Gasteiger partial charge < -0.3 is 9.64 Å². The summed E-state index contributed by atoms with van der Waals surface area (Å²) in [7, 11) is 1.48. The Morgan fingerprint density at radius 3 is 2.43 bits per heavy atom. The van der Waals surface area contributed by atoms with Gasteiger partial charge in [0.05, 0.1) is 13.0 Å². The van der Waals surface area contributed by atoms with Crippen LogP contribution in [-0.4, -0.2) is 37.6 Å². The maximum atomic E-state index is 11.5. The summed E-state index contributed by atoms with van der Waals surface area (Å²) in [6, 6.07) is 10.7. The second-order valence-corrected chi connectivity index (χ2v) is 6.64. The summed E-state index contributed by atoms with van der Waals surface area (Å²) in [6.07, 6.45) is 3.00. The van der Waals surface area contributed by atoms with Crippen LogP contribution in [0.4, 0.5) is 0 Å². The maximum Gasteiger partial charge on any atom is 0.308 e. The number of hydrogen-bond acceptors (Lipinski definition) is 3. The Balaban J connectivity index is 1.81. The van der Waals surface area contributed by atoms with Crippen LogP contribution in [0.25, 0.3) is 0 Å². The summed E-state index contributed by atoms with van der Waals surface area (Å²) in [5.41, 5.74) is 1.59. The molecule has 21 heavy (non-hydrogen) atoms. The molecule has 1 saturated heterocycles. The monoisotopic (exact) mass is 289 g/mol. The lowest BCUT2D eigenvalue weighted by atomic mass is 9.81. The number of hydrogen-bond donors (Lipinski definition) is 0. The van der Waals surface area contributed by atoms with Crippen molar-refractivity contribution in [2.24, 2.45) is 5.92 Å². The molecule has 0 aromatic heterocycles. The summed E-state index contributed by atoms with van der Waals surface area (Å²) in [5, 5.41) is 0. The van der Waals surface area contributed by atoms with E-state index in [4.69, 9.17) is 4.74 Å². The molecule has 1 aromatic rings. The highest BCUT2D eigenvalue weighted by Crippen LogP contribution is 2.28. The number of benzene rings is 1. The third kappa shape index (κ3) is 4.31. The zero-order chi connectivity index (χ0) is 15.3. The zero-order valence-electron chi connectivity index (χ0n) is 13.5. The molecule has 3 heteroatoms. The van der Waals surface area contributed by atoms with Crippen molar-refractivity contribution >= 4 is 5.97 Å². The van der Waals surface area contributed by atoms with E-state index in [1.807, 2.05) is 0 Å². The first-order valence-electron chi connectivity index (χ1n) is 7.88. The van der Waals surface area contributed by atoms with E-state index in [0.717, 1.165) is 38.9 Å². The summed E-state index contributed by atoms with van der Waals surface area (Å²) < 4.78 is 4.84. The highest BCUT2D eigenvalue weighted by atomic mass is 16.5. The molecule has 0 bridgehead atoms. The van der Waals surface area contributed by atoms with Crippen LogP contribution in [0.5, 0.6) is 0 Å². The van der Waals surface area contributed by atoms with Gasteiger partial charge in [-0.15, -0.1) is 0 Å². The minimum absolute atomic E-state index is 0.0423. The third-order valence-electron chi connectivity index (χ3n) is 4.73. The van der Waals surface area contributed by atoms with E-state index in [-0.39, 0.29) is 17.3 Å². The van der Waals surface area contributed by atoms with E-state index >= 15 is 0 Å². The molecule has 0 amide bonds. The molecule has 1 heterocycles. The van der Waals surface area contributed by atoms with Crippen molar-refractivity contribution in [3.63, 3.8) is 0 Å². The Bertz CT molecular complexity index is 448. The molecule has 1 aliphatic rings. The minimum atomic E-state index is -0.0423. The van der Waals surface area contributed by atoms with Crippen molar-refractivity contribution in [2.45, 2.75) is 38.5 Å². The van der Waals surface area contributed by atoms with E-state index in [1.54, 1.807) is 0 Å². The predicted octanol–water partition coefficient (Wildman–Crippen LogP) is 3.24. The standard InChI is InChI=1S/C18H27NO2/c1-18(2,16-7-5-4-6-8-16)11-14-19-12-9-15(10-13-19)17(20)21-3/h4-8,15H,9-14H2,1-3H3. The van der Waals surface area contributed by atoms with Crippen LogP contribution in [0.1, 0.15) is 38.7 Å². The maximum absolute atomic E-state index is 11.5. The molecule has 0 unspecified atom stereocenters. The number of likely N-dealkylation sites (tertiary alicyclic amines) is 1. The lowest BCUT2D eigenvalue weighted by Gasteiger charge is -2.34. The smallest absolute Gasteiger partial charge is 0.308 e. The Labute approximate surface area is 128 Å². The van der Waals surface area contributed by atoms with Crippen LogP contribution in [0.15, 0.2) is 30.3 Å². The van der Waals surface area contributed by atoms with Crippen LogP contribution in [0, 0.1) is 5.92 Å². The number of carbonyl (C=O) groups is 1. The number of piperidine rings is 1. The van der Waals surface area contributed by atoms with Gasteiger partial charge in [-0.05, 0) is 49.9 Å². The van der Waals surface area contributed by atoms with Gasteiger partial charge in [0.1, 0.15) is 0 Å². The molecule has 0 aliphatic carbocycles. The van der Waals surface area contributed by atoms with E-state index in [2.05, 4.69) is 49.1 Å². The molecule has 0 radical (unpaired) electrons. The Morgan fingerprint density at radius 1 is 1.24 bits per heavy atom. The molecule has 0 spiro atoms. The highest BCUT2D eigenvalue weighted by molar-refractivity contribution is 5.72. The molecule has 0 atom stereocenters. The van der Waals surface area contributed by atoms with Crippen LogP contribution < -0.4 is 0 Å². The van der Waals surface area contributed by atoms with Gasteiger partial charge in [-0.1, -0.05) is 44.2 Å². The van der Waals surface area contributed by atoms with Crippen molar-refractivity contribution in [2.75, 3.05) is 26.7 Å². The van der Waals surface area contributed by atoms with Crippen molar-refractivity contribution in [1.29, 1.82) is 0 Å². The third-order valence-corrected chi connectivity index (χ3v) is 4.73. The number of nitrogens with zero attached hydrogens (tertiary/aromatic N) is 1. The largest absolute Gasteiger partial charge is 0.469 e. The molecule has 3 nitrogen and oxygen atoms in total. The highest BCUT2D eigenvalue weighted by Gasteiger charge is 2.27. The number of ether oxygens (including phenoxy) is 1. The number of rotatable bonds is 5. The van der Waals surface area contributed by atoms with Crippen LogP contribution in [0.2, 0.25) is 0 Å². The summed E-state index contributed by atoms with van der Waals surface area (Å²) in [6.45, 7) is 7.72. The zero-order valence-corrected chi connectivity index (χ0v) is 13.5. The number of esters is 1. The fourth-order valence-corrected chi connectivity index (χ4v) is 3.03. The van der Waals surface area contributed by atoms with E-state index in [9.17, 15) is 4.79 Å². The summed E-state index contributed by atoms with van der Waals surface area (Å²) in [4.78, 5) is 14.0. The average molecular weight is 289 g/mol. The first-order chi connectivity index (χ1) is 10.0. The molecule has 0 N–H and O–H groups in total. The lowest BCUT2D eigenvalue weighted by Crippen LogP contribution is -2.38. The van der Waals surface area contributed by atoms with Crippen molar-refractivity contribution < 1.29 is 9.53 Å². The SMILES string of the molecule is COC(=O)C1CCN(CCC(C)(C)c2ccccc2)CC1. The summed E-state index contributed by atoms with van der Waals surface area (Å²) >= 11 is 0. The Hall–Kier alpha value is -1.35. The summed E-state index contributed by atoms with van der Waals surface area (Å²) in [5.74, 6) is 0.0626. The molecule has 1 aromatic carbocycles. The fraction of sp³-hybridized carbons (Fsp3) is 0.611. The molecular weight excluding hydrogens is 262 g/mol. The van der Waals surface area contributed by atoms with E-state index in [1.165, 1.54) is 12.7 Å². The normalized spacial score (nSPS) is 17.7. The van der Waals surface area contributed by atoms with E-state index < -0.39 is 0 Å². The first-order valence-corrected chi connectivity index (χ1v) is 7.88. The van der Waals surface area contributed by atoms with Gasteiger partial charge in [-0.2, -0.15) is 0 Å². The molecule has 0 saturated carbocycles. The van der Waals surface area contributed by atoms with Gasteiger partial charge in [-0.25, -0.2) is 0 Å². The fourth-order valence-electron chi connectivity index (χ4n) is 3.03. The van der Waals surface area contributed by atoms with Gasteiger partial charge >= 0.3 is 5.97 Å². The number of carbonyl (C=O) groups excluding carboxylic acids is 1. The molecule has 2 rings (SSSR count). The Kier molecular flexibility index (Phi) is 5.40. The predicted molar refractivity (Wildman–Crippen MR) is 85.3 cm³/mol. The van der Waals surface area contributed by atoms with E-state index in [0.29, 0.717) is 0 Å². The van der Waals surface area contributed by atoms with Crippen molar-refractivity contribution in [3.05, 3.63) is 35.9 Å². The van der Waals surface area contributed by atoms with Gasteiger partial charge in [0.15, 0.2) is 0 Å². The quantitative estimate of drug-likeness (QED) is 0.779. The lowest BCUT2D eigenvalue weighted by molar-refractivity contribution is -0.147. The van der Waals surface area contributed by atoms with Crippen molar-refractivity contribution in [1.82, 2.24) is 4.90 Å². The second kappa shape index (κ2) is 7.08.